The lowest BCUT2D eigenvalue weighted by atomic mass is 9.78. The zero-order valence-corrected chi connectivity index (χ0v) is 20.4. The molecule has 5 rings (SSSR count). The van der Waals surface area contributed by atoms with Crippen LogP contribution < -0.4 is 20.1 Å². The minimum absolute atomic E-state index is 0.0155. The van der Waals surface area contributed by atoms with E-state index >= 15 is 4.39 Å². The molecule has 0 saturated heterocycles. The van der Waals surface area contributed by atoms with E-state index in [-0.39, 0.29) is 17.5 Å². The number of halogens is 2. The summed E-state index contributed by atoms with van der Waals surface area (Å²) in [4.78, 5) is 13.6. The lowest BCUT2D eigenvalue weighted by Gasteiger charge is -2.30. The highest BCUT2D eigenvalue weighted by atomic mass is 79.9. The maximum absolute atomic E-state index is 15.0. The summed E-state index contributed by atoms with van der Waals surface area (Å²) < 4.78 is 26.6. The van der Waals surface area contributed by atoms with E-state index in [2.05, 4.69) is 26.6 Å². The molecule has 0 bridgehead atoms. The van der Waals surface area contributed by atoms with Gasteiger partial charge in [0.1, 0.15) is 5.82 Å². The van der Waals surface area contributed by atoms with Crippen LogP contribution in [0.4, 0.5) is 15.8 Å². The van der Waals surface area contributed by atoms with Crippen LogP contribution in [0.1, 0.15) is 35.9 Å². The van der Waals surface area contributed by atoms with Crippen molar-refractivity contribution < 1.29 is 18.7 Å². The van der Waals surface area contributed by atoms with Gasteiger partial charge >= 0.3 is 0 Å². The van der Waals surface area contributed by atoms with Crippen LogP contribution in [0.15, 0.2) is 76.4 Å². The topological polar surface area (TPSA) is 59.6 Å². The standard InChI is InChI=1S/C27H24BrFN2O3/c1-33-24-10-7-15(13-25(24)34-2)16-11-22-26(23(32)12-16)27(18-14-17(28)8-9-19(18)29)31-21-6-4-3-5-20(21)30-22/h3-10,13-14,16,27,30-31H,11-12H2,1-2H3/t16-,27-/m0/s1. The fourth-order valence-corrected chi connectivity index (χ4v) is 5.18. The first kappa shape index (κ1) is 22.5. The molecule has 34 heavy (non-hydrogen) atoms. The predicted octanol–water partition coefficient (Wildman–Crippen LogP) is 6.58. The van der Waals surface area contributed by atoms with E-state index in [1.54, 1.807) is 26.4 Å². The fourth-order valence-electron chi connectivity index (χ4n) is 4.80. The number of Topliss-reactive ketones (excluding diaryl/α,β-unsaturated/α-hetero) is 1. The Labute approximate surface area is 206 Å². The van der Waals surface area contributed by atoms with Crippen LogP contribution in [0, 0.1) is 5.82 Å². The zero-order valence-electron chi connectivity index (χ0n) is 18.8. The third-order valence-corrected chi connectivity index (χ3v) is 6.95. The van der Waals surface area contributed by atoms with Crippen molar-refractivity contribution >= 4 is 33.1 Å². The molecule has 2 N–H and O–H groups in total. The van der Waals surface area contributed by atoms with Crippen LogP contribution in [0.25, 0.3) is 0 Å². The summed E-state index contributed by atoms with van der Waals surface area (Å²) in [5, 5.41) is 6.91. The first-order chi connectivity index (χ1) is 16.5. The van der Waals surface area contributed by atoms with E-state index in [9.17, 15) is 4.79 Å². The van der Waals surface area contributed by atoms with Crippen molar-refractivity contribution in [1.29, 1.82) is 0 Å². The van der Waals surface area contributed by atoms with Gasteiger partial charge < -0.3 is 20.1 Å². The van der Waals surface area contributed by atoms with E-state index in [0.717, 1.165) is 27.1 Å². The van der Waals surface area contributed by atoms with Gasteiger partial charge in [0.05, 0.1) is 31.6 Å². The van der Waals surface area contributed by atoms with Crippen molar-refractivity contribution in [2.24, 2.45) is 0 Å². The molecule has 0 spiro atoms. The molecule has 0 fully saturated rings. The summed E-state index contributed by atoms with van der Waals surface area (Å²) in [5.74, 6) is 0.850. The molecule has 0 unspecified atom stereocenters. The first-order valence-electron chi connectivity index (χ1n) is 11.0. The number of hydrogen-bond donors (Lipinski definition) is 2. The van der Waals surface area contributed by atoms with Gasteiger partial charge in [0.25, 0.3) is 0 Å². The minimum atomic E-state index is -0.609. The highest BCUT2D eigenvalue weighted by molar-refractivity contribution is 9.10. The molecule has 0 amide bonds. The number of ketones is 1. The van der Waals surface area contributed by atoms with Crippen molar-refractivity contribution in [1.82, 2.24) is 0 Å². The molecule has 0 saturated carbocycles. The molecular weight excluding hydrogens is 499 g/mol. The lowest BCUT2D eigenvalue weighted by Crippen LogP contribution is -2.27. The zero-order chi connectivity index (χ0) is 23.8. The van der Waals surface area contributed by atoms with Crippen LogP contribution in [0.2, 0.25) is 0 Å². The number of nitrogens with one attached hydrogen (secondary N) is 2. The molecular formula is C27H24BrFN2O3. The Morgan fingerprint density at radius 3 is 2.47 bits per heavy atom. The Hall–Kier alpha value is -3.32. The van der Waals surface area contributed by atoms with Gasteiger partial charge in [-0.1, -0.05) is 34.1 Å². The second-order valence-corrected chi connectivity index (χ2v) is 9.36. The van der Waals surface area contributed by atoms with Crippen molar-refractivity contribution in [2.75, 3.05) is 24.9 Å². The average Bonchev–Trinajstić information content (AvgIpc) is 3.01. The summed E-state index contributed by atoms with van der Waals surface area (Å²) >= 11 is 3.45. The summed E-state index contributed by atoms with van der Waals surface area (Å²) in [6, 6.07) is 17.7. The number of benzene rings is 3. The number of hydrogen-bond acceptors (Lipinski definition) is 5. The van der Waals surface area contributed by atoms with Gasteiger partial charge in [0.2, 0.25) is 0 Å². The van der Waals surface area contributed by atoms with Gasteiger partial charge in [-0.15, -0.1) is 0 Å². The number of allylic oxidation sites excluding steroid dienone is 1. The molecule has 3 aromatic rings. The second kappa shape index (κ2) is 9.14. The molecule has 5 nitrogen and oxygen atoms in total. The largest absolute Gasteiger partial charge is 0.493 e. The van der Waals surface area contributed by atoms with Crippen LogP contribution >= 0.6 is 15.9 Å². The second-order valence-electron chi connectivity index (χ2n) is 8.45. The van der Waals surface area contributed by atoms with E-state index < -0.39 is 6.04 Å². The van der Waals surface area contributed by atoms with Crippen molar-refractivity contribution in [2.45, 2.75) is 24.8 Å². The molecule has 174 valence electrons. The van der Waals surface area contributed by atoms with Crippen LogP contribution in [0.5, 0.6) is 11.5 Å². The number of ether oxygens (including phenoxy) is 2. The van der Waals surface area contributed by atoms with Gasteiger partial charge in [0.15, 0.2) is 17.3 Å². The normalized spacial score (nSPS) is 19.4. The maximum Gasteiger partial charge on any atom is 0.163 e. The molecule has 0 radical (unpaired) electrons. The quantitative estimate of drug-likeness (QED) is 0.405. The number of methoxy groups -OCH3 is 2. The monoisotopic (exact) mass is 522 g/mol. The summed E-state index contributed by atoms with van der Waals surface area (Å²) in [5.41, 5.74) is 4.47. The minimum Gasteiger partial charge on any atom is -0.493 e. The number of carbonyl (C=O) groups excluding carboxylic acids is 1. The molecule has 1 aliphatic carbocycles. The SMILES string of the molecule is COc1ccc([C@@H]2CC(=O)C3=C(C2)Nc2ccccc2N[C@H]3c2cc(Br)ccc2F)cc1OC. The Kier molecular flexibility index (Phi) is 6.04. The highest BCUT2D eigenvalue weighted by Crippen LogP contribution is 2.45. The Morgan fingerprint density at radius 1 is 0.941 bits per heavy atom. The summed E-state index contributed by atoms with van der Waals surface area (Å²) in [6.07, 6.45) is 0.929. The van der Waals surface area contributed by atoms with Crippen LogP contribution in [-0.4, -0.2) is 20.0 Å². The highest BCUT2D eigenvalue weighted by Gasteiger charge is 2.37. The molecule has 7 heteroatoms. The Bertz CT molecular complexity index is 1310. The number of para-hydroxylation sites is 2. The molecule has 1 heterocycles. The van der Waals surface area contributed by atoms with Gasteiger partial charge in [-0.05, 0) is 60.4 Å². The van der Waals surface area contributed by atoms with E-state index in [1.165, 1.54) is 6.07 Å². The van der Waals surface area contributed by atoms with Gasteiger partial charge in [-0.25, -0.2) is 4.39 Å². The summed E-state index contributed by atoms with van der Waals surface area (Å²) in [6.45, 7) is 0. The van der Waals surface area contributed by atoms with Crippen molar-refractivity contribution in [3.8, 4) is 11.5 Å². The number of fused-ring (bicyclic) bond motifs is 1. The van der Waals surface area contributed by atoms with Crippen LogP contribution in [-0.2, 0) is 4.79 Å². The third-order valence-electron chi connectivity index (χ3n) is 6.46. The van der Waals surface area contributed by atoms with Gasteiger partial charge in [-0.3, -0.25) is 4.79 Å². The van der Waals surface area contributed by atoms with Crippen molar-refractivity contribution in [3.05, 3.63) is 93.4 Å². The van der Waals surface area contributed by atoms with E-state index in [0.29, 0.717) is 35.5 Å². The van der Waals surface area contributed by atoms with E-state index in [1.807, 2.05) is 42.5 Å². The Morgan fingerprint density at radius 2 is 1.71 bits per heavy atom. The number of carbonyl (C=O) groups is 1. The summed E-state index contributed by atoms with van der Waals surface area (Å²) in [7, 11) is 3.20. The molecule has 2 aliphatic rings. The molecule has 1 aliphatic heterocycles. The third kappa shape index (κ3) is 4.05. The van der Waals surface area contributed by atoms with Crippen LogP contribution in [0.3, 0.4) is 0 Å². The average molecular weight is 523 g/mol. The number of rotatable bonds is 4. The number of anilines is 2. The Balaban J connectivity index is 1.61. The molecule has 0 aromatic heterocycles. The maximum atomic E-state index is 15.0. The smallest absolute Gasteiger partial charge is 0.163 e. The van der Waals surface area contributed by atoms with Gasteiger partial charge in [-0.2, -0.15) is 0 Å². The van der Waals surface area contributed by atoms with E-state index in [4.69, 9.17) is 9.47 Å². The van der Waals surface area contributed by atoms with Gasteiger partial charge in [0, 0.05) is 27.7 Å². The molecule has 3 aromatic carbocycles. The molecule has 2 atom stereocenters. The van der Waals surface area contributed by atoms with Crippen molar-refractivity contribution in [3.63, 3.8) is 0 Å². The fraction of sp³-hybridized carbons (Fsp3) is 0.222. The lowest BCUT2D eigenvalue weighted by molar-refractivity contribution is -0.116. The predicted molar refractivity (Wildman–Crippen MR) is 134 cm³/mol. The first-order valence-corrected chi connectivity index (χ1v) is 11.8.